The molecular formula is C16H15NO4. The first kappa shape index (κ1) is 12.3. The van der Waals surface area contributed by atoms with E-state index < -0.39 is 5.60 Å². The number of fused-ring (bicyclic) bond motifs is 5. The van der Waals surface area contributed by atoms with Crippen LogP contribution in [0.15, 0.2) is 23.0 Å². The van der Waals surface area contributed by atoms with Gasteiger partial charge in [-0.05, 0) is 38.1 Å². The van der Waals surface area contributed by atoms with Crippen LogP contribution in [0.3, 0.4) is 0 Å². The zero-order chi connectivity index (χ0) is 14.8. The van der Waals surface area contributed by atoms with Crippen LogP contribution in [0.4, 0.5) is 0 Å². The monoisotopic (exact) mass is 285 g/mol. The maximum absolute atomic E-state index is 12.6. The molecule has 2 aliphatic heterocycles. The second-order valence-electron chi connectivity index (χ2n) is 5.84. The van der Waals surface area contributed by atoms with Gasteiger partial charge in [-0.25, -0.2) is 0 Å². The Labute approximate surface area is 121 Å². The van der Waals surface area contributed by atoms with Gasteiger partial charge in [-0.15, -0.1) is 0 Å². The van der Waals surface area contributed by atoms with Crippen molar-refractivity contribution in [3.05, 3.63) is 34.1 Å². The summed E-state index contributed by atoms with van der Waals surface area (Å²) in [6.45, 7) is 4.09. The molecule has 0 N–H and O–H groups in total. The van der Waals surface area contributed by atoms with Gasteiger partial charge < -0.3 is 18.8 Å². The summed E-state index contributed by atoms with van der Waals surface area (Å²) in [4.78, 5) is 12.6. The number of ether oxygens (including phenoxy) is 3. The Morgan fingerprint density at radius 3 is 2.81 bits per heavy atom. The minimum atomic E-state index is -0.442. The quantitative estimate of drug-likeness (QED) is 0.746. The van der Waals surface area contributed by atoms with Gasteiger partial charge in [0.1, 0.15) is 16.9 Å². The molecule has 0 saturated carbocycles. The molecular weight excluding hydrogens is 270 g/mol. The average molecular weight is 285 g/mol. The molecule has 0 spiro atoms. The van der Waals surface area contributed by atoms with Gasteiger partial charge in [-0.1, -0.05) is 0 Å². The SMILES string of the molecule is Cn1c(=O)c2c(c3ccc4c(c31)OCO4)OC(C)(C)C=C2. The summed E-state index contributed by atoms with van der Waals surface area (Å²) in [6.07, 6.45) is 3.74. The predicted molar refractivity (Wildman–Crippen MR) is 79.1 cm³/mol. The van der Waals surface area contributed by atoms with Gasteiger partial charge in [0.2, 0.25) is 6.79 Å². The lowest BCUT2D eigenvalue weighted by Crippen LogP contribution is -2.31. The standard InChI is InChI=1S/C16H15NO4/c1-16(2)7-6-10-13(21-16)9-4-5-11-14(20-8-19-11)12(9)17(3)15(10)18/h4-7H,8H2,1-3H3. The van der Waals surface area contributed by atoms with Crippen LogP contribution >= 0.6 is 0 Å². The van der Waals surface area contributed by atoms with E-state index in [4.69, 9.17) is 14.2 Å². The summed E-state index contributed by atoms with van der Waals surface area (Å²) in [5.74, 6) is 1.87. The van der Waals surface area contributed by atoms with Crippen molar-refractivity contribution >= 4 is 17.0 Å². The van der Waals surface area contributed by atoms with Gasteiger partial charge >= 0.3 is 0 Å². The first-order valence-electron chi connectivity index (χ1n) is 6.81. The molecule has 0 fully saturated rings. The molecule has 0 saturated heterocycles. The molecule has 108 valence electrons. The van der Waals surface area contributed by atoms with Crippen LogP contribution in [0.25, 0.3) is 17.0 Å². The Hall–Kier alpha value is -2.43. The van der Waals surface area contributed by atoms with E-state index in [9.17, 15) is 4.79 Å². The van der Waals surface area contributed by atoms with Crippen molar-refractivity contribution < 1.29 is 14.2 Å². The molecule has 2 aliphatic rings. The lowest BCUT2D eigenvalue weighted by molar-refractivity contribution is 0.161. The number of hydrogen-bond acceptors (Lipinski definition) is 4. The summed E-state index contributed by atoms with van der Waals surface area (Å²) in [5, 5.41) is 0.855. The summed E-state index contributed by atoms with van der Waals surface area (Å²) in [6, 6.07) is 3.76. The van der Waals surface area contributed by atoms with E-state index in [0.29, 0.717) is 28.3 Å². The number of benzene rings is 1. The highest BCUT2D eigenvalue weighted by Gasteiger charge is 2.29. The number of pyridine rings is 1. The van der Waals surface area contributed by atoms with E-state index in [0.717, 1.165) is 5.39 Å². The van der Waals surface area contributed by atoms with Crippen LogP contribution < -0.4 is 19.8 Å². The molecule has 0 unspecified atom stereocenters. The van der Waals surface area contributed by atoms with Gasteiger partial charge in [0.15, 0.2) is 11.5 Å². The van der Waals surface area contributed by atoms with Crippen molar-refractivity contribution in [3.8, 4) is 17.2 Å². The van der Waals surface area contributed by atoms with Crippen LogP contribution in [0.1, 0.15) is 19.4 Å². The largest absolute Gasteiger partial charge is 0.482 e. The molecule has 0 amide bonds. The molecule has 1 aromatic heterocycles. The zero-order valence-corrected chi connectivity index (χ0v) is 12.1. The fraction of sp³-hybridized carbons (Fsp3) is 0.312. The number of aryl methyl sites for hydroxylation is 1. The number of hydrogen-bond donors (Lipinski definition) is 0. The first-order valence-corrected chi connectivity index (χ1v) is 6.81. The van der Waals surface area contributed by atoms with Crippen LogP contribution in [0.2, 0.25) is 0 Å². The van der Waals surface area contributed by atoms with Crippen LogP contribution in [0, 0.1) is 0 Å². The second-order valence-corrected chi connectivity index (χ2v) is 5.84. The highest BCUT2D eigenvalue weighted by atomic mass is 16.7. The Bertz CT molecular complexity index is 861. The molecule has 0 aliphatic carbocycles. The van der Waals surface area contributed by atoms with Gasteiger partial charge in [-0.2, -0.15) is 0 Å². The summed E-state index contributed by atoms with van der Waals surface area (Å²) in [5.41, 5.74) is 0.735. The third-order valence-electron chi connectivity index (χ3n) is 3.89. The topological polar surface area (TPSA) is 49.7 Å². The summed E-state index contributed by atoms with van der Waals surface area (Å²) >= 11 is 0. The smallest absolute Gasteiger partial charge is 0.261 e. The van der Waals surface area contributed by atoms with Crippen molar-refractivity contribution in [2.75, 3.05) is 6.79 Å². The van der Waals surface area contributed by atoms with Crippen LogP contribution in [-0.4, -0.2) is 17.0 Å². The van der Waals surface area contributed by atoms with Crippen molar-refractivity contribution in [2.45, 2.75) is 19.4 Å². The molecule has 5 heteroatoms. The fourth-order valence-corrected chi connectivity index (χ4v) is 2.84. The third-order valence-corrected chi connectivity index (χ3v) is 3.89. The van der Waals surface area contributed by atoms with E-state index in [1.54, 1.807) is 11.6 Å². The van der Waals surface area contributed by atoms with Gasteiger partial charge in [0.05, 0.1) is 5.56 Å². The third kappa shape index (κ3) is 1.60. The zero-order valence-electron chi connectivity index (χ0n) is 12.1. The summed E-state index contributed by atoms with van der Waals surface area (Å²) < 4.78 is 18.6. The van der Waals surface area contributed by atoms with E-state index >= 15 is 0 Å². The van der Waals surface area contributed by atoms with Crippen molar-refractivity contribution in [3.63, 3.8) is 0 Å². The molecule has 1 aromatic carbocycles. The fourth-order valence-electron chi connectivity index (χ4n) is 2.84. The number of nitrogens with zero attached hydrogens (tertiary/aromatic N) is 1. The average Bonchev–Trinajstić information content (AvgIpc) is 2.91. The maximum Gasteiger partial charge on any atom is 0.261 e. The van der Waals surface area contributed by atoms with Crippen molar-refractivity contribution in [2.24, 2.45) is 7.05 Å². The van der Waals surface area contributed by atoms with E-state index in [-0.39, 0.29) is 12.4 Å². The minimum Gasteiger partial charge on any atom is -0.482 e. The predicted octanol–water partition coefficient (Wildman–Crippen LogP) is 2.45. The molecule has 2 aromatic rings. The summed E-state index contributed by atoms with van der Waals surface area (Å²) in [7, 11) is 1.74. The minimum absolute atomic E-state index is 0.104. The Balaban J connectivity index is 2.16. The van der Waals surface area contributed by atoms with Crippen LogP contribution in [-0.2, 0) is 7.05 Å². The first-order chi connectivity index (χ1) is 9.98. The Morgan fingerprint density at radius 1 is 1.19 bits per heavy atom. The van der Waals surface area contributed by atoms with Crippen LogP contribution in [0.5, 0.6) is 17.2 Å². The Morgan fingerprint density at radius 2 is 2.00 bits per heavy atom. The van der Waals surface area contributed by atoms with Gasteiger partial charge in [-0.3, -0.25) is 4.79 Å². The lowest BCUT2D eigenvalue weighted by atomic mass is 10.0. The maximum atomic E-state index is 12.6. The molecule has 3 heterocycles. The lowest BCUT2D eigenvalue weighted by Gasteiger charge is -2.29. The van der Waals surface area contributed by atoms with Gasteiger partial charge in [0.25, 0.3) is 5.56 Å². The molecule has 21 heavy (non-hydrogen) atoms. The van der Waals surface area contributed by atoms with Crippen molar-refractivity contribution in [1.29, 1.82) is 0 Å². The molecule has 0 radical (unpaired) electrons. The second kappa shape index (κ2) is 3.81. The Kier molecular flexibility index (Phi) is 2.24. The highest BCUT2D eigenvalue weighted by molar-refractivity contribution is 5.95. The molecule has 4 rings (SSSR count). The van der Waals surface area contributed by atoms with Gasteiger partial charge in [0, 0.05) is 12.4 Å². The van der Waals surface area contributed by atoms with E-state index in [1.165, 1.54) is 0 Å². The number of rotatable bonds is 0. The molecule has 0 bridgehead atoms. The highest BCUT2D eigenvalue weighted by Crippen LogP contribution is 2.43. The molecule has 0 atom stereocenters. The number of aromatic nitrogens is 1. The van der Waals surface area contributed by atoms with Crippen molar-refractivity contribution in [1.82, 2.24) is 4.57 Å². The van der Waals surface area contributed by atoms with E-state index in [2.05, 4.69) is 0 Å². The van der Waals surface area contributed by atoms with E-state index in [1.807, 2.05) is 38.1 Å². The normalized spacial score (nSPS) is 17.7. The molecule has 5 nitrogen and oxygen atoms in total.